The molecule has 1 N–H and O–H groups in total. The molecule has 1 saturated heterocycles. The van der Waals surface area contributed by atoms with Crippen LogP contribution in [0.2, 0.25) is 5.02 Å². The van der Waals surface area contributed by atoms with Gasteiger partial charge in [-0.25, -0.2) is 0 Å². The van der Waals surface area contributed by atoms with E-state index in [2.05, 4.69) is 5.32 Å². The van der Waals surface area contributed by atoms with Gasteiger partial charge >= 0.3 is 0 Å². The number of rotatable bonds is 9. The van der Waals surface area contributed by atoms with Crippen molar-refractivity contribution >= 4 is 23.4 Å². The molecular weight excluding hydrogens is 400 g/mol. The van der Waals surface area contributed by atoms with Gasteiger partial charge in [0.1, 0.15) is 6.04 Å². The van der Waals surface area contributed by atoms with Crippen molar-refractivity contribution in [1.82, 2.24) is 10.2 Å². The second-order valence-corrected chi connectivity index (χ2v) is 8.02. The normalized spacial score (nSPS) is 16.8. The van der Waals surface area contributed by atoms with E-state index in [4.69, 9.17) is 16.3 Å². The SMILES string of the molecule is CCC(=O)N(Cc1ccc(Cl)cc1)[C@H](Cc1ccccc1)C(=O)NC[C@H]1CCCO1. The van der Waals surface area contributed by atoms with Gasteiger partial charge in [-0.3, -0.25) is 9.59 Å². The maximum absolute atomic E-state index is 13.2. The average molecular weight is 429 g/mol. The number of nitrogens with zero attached hydrogens (tertiary/aromatic N) is 1. The summed E-state index contributed by atoms with van der Waals surface area (Å²) in [7, 11) is 0. The quantitative estimate of drug-likeness (QED) is 0.657. The first kappa shape index (κ1) is 22.3. The van der Waals surface area contributed by atoms with Crippen LogP contribution in [0.5, 0.6) is 0 Å². The summed E-state index contributed by atoms with van der Waals surface area (Å²) in [5, 5.41) is 3.66. The zero-order valence-corrected chi connectivity index (χ0v) is 18.1. The van der Waals surface area contributed by atoms with Gasteiger partial charge < -0.3 is 15.0 Å². The summed E-state index contributed by atoms with van der Waals surface area (Å²) < 4.78 is 5.63. The van der Waals surface area contributed by atoms with Crippen molar-refractivity contribution in [3.63, 3.8) is 0 Å². The molecule has 2 aromatic rings. The smallest absolute Gasteiger partial charge is 0.243 e. The third-order valence-electron chi connectivity index (χ3n) is 5.37. The number of ether oxygens (including phenoxy) is 1. The van der Waals surface area contributed by atoms with Crippen LogP contribution in [0, 0.1) is 0 Å². The number of benzene rings is 2. The van der Waals surface area contributed by atoms with E-state index < -0.39 is 6.04 Å². The number of carbonyl (C=O) groups is 2. The Morgan fingerprint density at radius 1 is 1.13 bits per heavy atom. The molecule has 0 unspecified atom stereocenters. The van der Waals surface area contributed by atoms with Crippen molar-refractivity contribution in [3.05, 3.63) is 70.7 Å². The topological polar surface area (TPSA) is 58.6 Å². The Balaban J connectivity index is 1.81. The zero-order chi connectivity index (χ0) is 21.3. The number of hydrogen-bond acceptors (Lipinski definition) is 3. The lowest BCUT2D eigenvalue weighted by Crippen LogP contribution is -2.51. The van der Waals surface area contributed by atoms with E-state index >= 15 is 0 Å². The number of halogens is 1. The highest BCUT2D eigenvalue weighted by molar-refractivity contribution is 6.30. The van der Waals surface area contributed by atoms with E-state index in [1.165, 1.54) is 0 Å². The third-order valence-corrected chi connectivity index (χ3v) is 5.62. The number of amides is 2. The molecule has 0 bridgehead atoms. The van der Waals surface area contributed by atoms with Crippen LogP contribution in [-0.4, -0.2) is 42.0 Å². The Morgan fingerprint density at radius 3 is 2.50 bits per heavy atom. The first-order valence-electron chi connectivity index (χ1n) is 10.5. The molecule has 1 fully saturated rings. The zero-order valence-electron chi connectivity index (χ0n) is 17.4. The van der Waals surface area contributed by atoms with Gasteiger partial charge in [0, 0.05) is 37.6 Å². The largest absolute Gasteiger partial charge is 0.376 e. The first-order chi connectivity index (χ1) is 14.6. The fourth-order valence-corrected chi connectivity index (χ4v) is 3.81. The molecule has 2 aromatic carbocycles. The lowest BCUT2D eigenvalue weighted by Gasteiger charge is -2.31. The van der Waals surface area contributed by atoms with E-state index in [-0.39, 0.29) is 17.9 Å². The number of nitrogens with one attached hydrogen (secondary N) is 1. The summed E-state index contributed by atoms with van der Waals surface area (Å²) in [6.07, 6.45) is 2.81. The highest BCUT2D eigenvalue weighted by Gasteiger charge is 2.30. The maximum atomic E-state index is 13.2. The van der Waals surface area contributed by atoms with Gasteiger partial charge in [-0.1, -0.05) is 61.0 Å². The molecule has 5 nitrogen and oxygen atoms in total. The van der Waals surface area contributed by atoms with E-state index in [0.29, 0.717) is 31.0 Å². The van der Waals surface area contributed by atoms with Crippen molar-refractivity contribution in [1.29, 1.82) is 0 Å². The molecule has 0 saturated carbocycles. The molecule has 6 heteroatoms. The predicted octanol–water partition coefficient (Wildman–Crippen LogP) is 3.99. The minimum atomic E-state index is -0.600. The lowest BCUT2D eigenvalue weighted by atomic mass is 10.0. The minimum Gasteiger partial charge on any atom is -0.376 e. The van der Waals surface area contributed by atoms with Crippen LogP contribution in [0.3, 0.4) is 0 Å². The molecule has 0 radical (unpaired) electrons. The Kier molecular flexibility index (Phi) is 8.29. The van der Waals surface area contributed by atoms with Crippen molar-refractivity contribution in [2.75, 3.05) is 13.2 Å². The Hall–Kier alpha value is -2.37. The van der Waals surface area contributed by atoms with Crippen LogP contribution in [-0.2, 0) is 27.3 Å². The van der Waals surface area contributed by atoms with Crippen LogP contribution < -0.4 is 5.32 Å². The minimum absolute atomic E-state index is 0.0536. The van der Waals surface area contributed by atoms with E-state index in [0.717, 1.165) is 30.6 Å². The molecule has 1 aliphatic heterocycles. The molecule has 1 heterocycles. The number of hydrogen-bond donors (Lipinski definition) is 1. The Morgan fingerprint density at radius 2 is 1.87 bits per heavy atom. The van der Waals surface area contributed by atoms with E-state index in [1.54, 1.807) is 17.0 Å². The summed E-state index contributed by atoms with van der Waals surface area (Å²) in [5.41, 5.74) is 1.95. The highest BCUT2D eigenvalue weighted by atomic mass is 35.5. The van der Waals surface area contributed by atoms with E-state index in [9.17, 15) is 9.59 Å². The maximum Gasteiger partial charge on any atom is 0.243 e. The Bertz CT molecular complexity index is 820. The summed E-state index contributed by atoms with van der Waals surface area (Å²) in [6, 6.07) is 16.6. The van der Waals surface area contributed by atoms with Crippen LogP contribution >= 0.6 is 11.6 Å². The Labute approximate surface area is 183 Å². The lowest BCUT2D eigenvalue weighted by molar-refractivity contribution is -0.141. The fraction of sp³-hybridized carbons (Fsp3) is 0.417. The molecule has 0 spiro atoms. The number of carbonyl (C=O) groups excluding carboxylic acids is 2. The van der Waals surface area contributed by atoms with Gasteiger partial charge in [-0.2, -0.15) is 0 Å². The average Bonchev–Trinajstić information content (AvgIpc) is 3.29. The van der Waals surface area contributed by atoms with Crippen LogP contribution in [0.1, 0.15) is 37.3 Å². The van der Waals surface area contributed by atoms with Gasteiger partial charge in [0.05, 0.1) is 6.10 Å². The highest BCUT2D eigenvalue weighted by Crippen LogP contribution is 2.18. The molecule has 160 valence electrons. The predicted molar refractivity (Wildman–Crippen MR) is 118 cm³/mol. The van der Waals surface area contributed by atoms with Gasteiger partial charge in [0.2, 0.25) is 11.8 Å². The molecular formula is C24H29ClN2O3. The molecule has 2 atom stereocenters. The second-order valence-electron chi connectivity index (χ2n) is 7.59. The summed E-state index contributed by atoms with van der Waals surface area (Å²) in [5.74, 6) is -0.205. The molecule has 1 aliphatic rings. The summed E-state index contributed by atoms with van der Waals surface area (Å²) in [6.45, 7) is 3.39. The van der Waals surface area contributed by atoms with Crippen LogP contribution in [0.15, 0.2) is 54.6 Å². The van der Waals surface area contributed by atoms with Gasteiger partial charge in [-0.15, -0.1) is 0 Å². The van der Waals surface area contributed by atoms with Gasteiger partial charge in [0.15, 0.2) is 0 Å². The van der Waals surface area contributed by atoms with Crippen molar-refractivity contribution in [2.45, 2.75) is 51.3 Å². The van der Waals surface area contributed by atoms with Crippen LogP contribution in [0.25, 0.3) is 0 Å². The summed E-state index contributed by atoms with van der Waals surface area (Å²) >= 11 is 6.01. The van der Waals surface area contributed by atoms with Gasteiger partial charge in [0.25, 0.3) is 0 Å². The molecule has 2 amide bonds. The monoisotopic (exact) mass is 428 g/mol. The van der Waals surface area contributed by atoms with Crippen molar-refractivity contribution in [3.8, 4) is 0 Å². The fourth-order valence-electron chi connectivity index (χ4n) is 3.68. The third kappa shape index (κ3) is 6.31. The van der Waals surface area contributed by atoms with E-state index in [1.807, 2.05) is 49.4 Å². The molecule has 0 aromatic heterocycles. The second kappa shape index (κ2) is 11.1. The summed E-state index contributed by atoms with van der Waals surface area (Å²) in [4.78, 5) is 27.8. The van der Waals surface area contributed by atoms with Gasteiger partial charge in [-0.05, 0) is 36.1 Å². The molecule has 3 rings (SSSR count). The first-order valence-corrected chi connectivity index (χ1v) is 10.9. The molecule has 30 heavy (non-hydrogen) atoms. The molecule has 0 aliphatic carbocycles. The standard InChI is InChI=1S/C24H29ClN2O3/c1-2-23(28)27(17-19-10-12-20(25)13-11-19)22(15-18-7-4-3-5-8-18)24(29)26-16-21-9-6-14-30-21/h3-5,7-8,10-13,21-22H,2,6,9,14-17H2,1H3,(H,26,29)/t21-,22-/m1/s1. The van der Waals surface area contributed by atoms with Crippen molar-refractivity contribution in [2.24, 2.45) is 0 Å². The van der Waals surface area contributed by atoms with Crippen molar-refractivity contribution < 1.29 is 14.3 Å². The van der Waals surface area contributed by atoms with Crippen LogP contribution in [0.4, 0.5) is 0 Å².